The van der Waals surface area contributed by atoms with Crippen molar-refractivity contribution in [2.75, 3.05) is 6.61 Å². The summed E-state index contributed by atoms with van der Waals surface area (Å²) >= 11 is 0. The van der Waals surface area contributed by atoms with E-state index in [1.807, 2.05) is 0 Å². The smallest absolute Gasteiger partial charge is 0.466 e. The molecule has 0 rings (SSSR count). The van der Waals surface area contributed by atoms with Crippen LogP contribution in [-0.4, -0.2) is 19.6 Å². The van der Waals surface area contributed by atoms with Gasteiger partial charge < -0.3 is 17.7 Å². The van der Waals surface area contributed by atoms with Crippen molar-refractivity contribution in [2.45, 2.75) is 19.7 Å². The maximum Gasteiger partial charge on any atom is 1.00 e. The zero-order chi connectivity index (χ0) is 8.91. The molecule has 2 nitrogen and oxygen atoms in total. The first-order chi connectivity index (χ1) is 4.95. The van der Waals surface area contributed by atoms with Gasteiger partial charge in [-0.05, 0) is 6.92 Å². The van der Waals surface area contributed by atoms with Gasteiger partial charge in [0, 0.05) is 6.42 Å². The van der Waals surface area contributed by atoms with Crippen LogP contribution in [0, 0.1) is 0 Å². The average Bonchev–Trinajstić information content (AvgIpc) is 1.83. The summed E-state index contributed by atoms with van der Waals surface area (Å²) in [6.07, 6.45) is -1.60. The first-order valence-electron chi connectivity index (χ1n) is 3.32. The molecule has 0 aromatic heterocycles. The molecule has 0 aromatic carbocycles. The molecular weight excluding hydrogens is 199 g/mol. The molecule has 7 heteroatoms. The van der Waals surface area contributed by atoms with Crippen molar-refractivity contribution in [3.05, 3.63) is 0 Å². The van der Waals surface area contributed by atoms with Gasteiger partial charge in [-0.1, -0.05) is 6.32 Å². The van der Waals surface area contributed by atoms with E-state index < -0.39 is 25.7 Å². The van der Waals surface area contributed by atoms with Crippen LogP contribution in [0.15, 0.2) is 0 Å². The fourth-order valence-corrected chi connectivity index (χ4v) is 0.515. The molecule has 0 aliphatic rings. The predicted octanol–water partition coefficient (Wildman–Crippen LogP) is -1.21. The second-order valence-electron chi connectivity index (χ2n) is 2.05. The van der Waals surface area contributed by atoms with E-state index in [9.17, 15) is 17.7 Å². The molecule has 0 N–H and O–H groups in total. The molecule has 0 aliphatic carbocycles. The molecule has 66 valence electrons. The second-order valence-corrected chi connectivity index (χ2v) is 2.05. The molecular formula is C5H9BF3KO2. The van der Waals surface area contributed by atoms with Crippen LogP contribution in [0.5, 0.6) is 0 Å². The van der Waals surface area contributed by atoms with Crippen LogP contribution in [0.2, 0.25) is 6.32 Å². The third-order valence-corrected chi connectivity index (χ3v) is 0.981. The Bertz CT molecular complexity index is 139. The van der Waals surface area contributed by atoms with Gasteiger partial charge in [-0.15, -0.1) is 0 Å². The van der Waals surface area contributed by atoms with Gasteiger partial charge in [-0.25, -0.2) is 0 Å². The number of hydrogen-bond acceptors (Lipinski definition) is 2. The molecule has 0 aliphatic heterocycles. The summed E-state index contributed by atoms with van der Waals surface area (Å²) in [5, 5.41) is 0. The second kappa shape index (κ2) is 7.37. The Labute approximate surface area is 112 Å². The number of hydrogen-bond donors (Lipinski definition) is 0. The summed E-state index contributed by atoms with van der Waals surface area (Å²) in [5.74, 6) is -0.785. The standard InChI is InChI=1S/C5H9BF3O2.K/c1-2-11-5(10)3-4-6(7,8)9;/h2-4H2,1H3;/q-1;+1. The van der Waals surface area contributed by atoms with E-state index in [2.05, 4.69) is 4.74 Å². The minimum absolute atomic E-state index is 0. The van der Waals surface area contributed by atoms with E-state index in [4.69, 9.17) is 0 Å². The van der Waals surface area contributed by atoms with Gasteiger partial charge in [0.1, 0.15) is 0 Å². The Hall–Kier alpha value is 0.961. The Kier molecular flexibility index (Phi) is 9.48. The first kappa shape index (κ1) is 15.4. The summed E-state index contributed by atoms with van der Waals surface area (Å²) < 4.78 is 38.8. The molecule has 0 heterocycles. The Morgan fingerprint density at radius 3 is 2.25 bits per heavy atom. The molecule has 0 atom stereocenters. The van der Waals surface area contributed by atoms with Gasteiger partial charge in [0.25, 0.3) is 0 Å². The zero-order valence-corrected chi connectivity index (χ0v) is 10.3. The monoisotopic (exact) mass is 208 g/mol. The maximum atomic E-state index is 11.5. The van der Waals surface area contributed by atoms with Crippen LogP contribution < -0.4 is 51.4 Å². The van der Waals surface area contributed by atoms with Gasteiger partial charge in [-0.2, -0.15) is 0 Å². The van der Waals surface area contributed by atoms with Crippen molar-refractivity contribution in [1.29, 1.82) is 0 Å². The van der Waals surface area contributed by atoms with E-state index in [1.165, 1.54) is 0 Å². The van der Waals surface area contributed by atoms with Crippen LogP contribution in [-0.2, 0) is 9.53 Å². The third kappa shape index (κ3) is 11.0. The minimum atomic E-state index is -4.85. The van der Waals surface area contributed by atoms with Crippen LogP contribution >= 0.6 is 0 Å². The van der Waals surface area contributed by atoms with Crippen molar-refractivity contribution >= 4 is 12.9 Å². The van der Waals surface area contributed by atoms with E-state index in [0.717, 1.165) is 0 Å². The molecule has 0 amide bonds. The van der Waals surface area contributed by atoms with Gasteiger partial charge in [0.05, 0.1) is 6.61 Å². The predicted molar refractivity (Wildman–Crippen MR) is 35.1 cm³/mol. The number of ether oxygens (including phenoxy) is 1. The maximum absolute atomic E-state index is 11.5. The molecule has 0 radical (unpaired) electrons. The van der Waals surface area contributed by atoms with Gasteiger partial charge >= 0.3 is 64.3 Å². The van der Waals surface area contributed by atoms with E-state index in [0.29, 0.717) is 0 Å². The SMILES string of the molecule is CCOC(=O)CC[B-](F)(F)F.[K+]. The summed E-state index contributed by atoms with van der Waals surface area (Å²) in [5.41, 5.74) is 0. The number of esters is 1. The number of carbonyl (C=O) groups excluding carboxylic acids is 1. The van der Waals surface area contributed by atoms with E-state index >= 15 is 0 Å². The van der Waals surface area contributed by atoms with Crippen LogP contribution in [0.1, 0.15) is 13.3 Å². The van der Waals surface area contributed by atoms with Crippen LogP contribution in [0.25, 0.3) is 0 Å². The zero-order valence-electron chi connectivity index (χ0n) is 7.15. The number of carbonyl (C=O) groups is 1. The molecule has 0 aromatic rings. The minimum Gasteiger partial charge on any atom is -0.466 e. The topological polar surface area (TPSA) is 26.3 Å². The average molecular weight is 208 g/mol. The van der Waals surface area contributed by atoms with Gasteiger partial charge in [0.2, 0.25) is 0 Å². The first-order valence-corrected chi connectivity index (χ1v) is 3.32. The fraction of sp³-hybridized carbons (Fsp3) is 0.800. The molecule has 0 fully saturated rings. The normalized spacial score (nSPS) is 10.3. The van der Waals surface area contributed by atoms with Gasteiger partial charge in [-0.3, -0.25) is 4.79 Å². The summed E-state index contributed by atoms with van der Waals surface area (Å²) in [6, 6.07) is 0. The molecule has 12 heavy (non-hydrogen) atoms. The molecule has 0 saturated carbocycles. The van der Waals surface area contributed by atoms with Crippen LogP contribution in [0.4, 0.5) is 12.9 Å². The third-order valence-electron chi connectivity index (χ3n) is 0.981. The van der Waals surface area contributed by atoms with Crippen molar-refractivity contribution in [3.8, 4) is 0 Å². The van der Waals surface area contributed by atoms with Crippen molar-refractivity contribution < 1.29 is 73.9 Å². The van der Waals surface area contributed by atoms with Crippen molar-refractivity contribution in [2.24, 2.45) is 0 Å². The molecule has 0 bridgehead atoms. The molecule has 0 saturated heterocycles. The van der Waals surface area contributed by atoms with Gasteiger partial charge in [0.15, 0.2) is 0 Å². The molecule has 0 unspecified atom stereocenters. The number of rotatable bonds is 4. The number of halogens is 3. The molecule has 0 spiro atoms. The Morgan fingerprint density at radius 2 is 1.92 bits per heavy atom. The van der Waals surface area contributed by atoms with E-state index in [1.54, 1.807) is 6.92 Å². The van der Waals surface area contributed by atoms with Crippen LogP contribution in [0.3, 0.4) is 0 Å². The Balaban J connectivity index is 0. The fourth-order valence-electron chi connectivity index (χ4n) is 0.515. The van der Waals surface area contributed by atoms with Crippen molar-refractivity contribution in [1.82, 2.24) is 0 Å². The van der Waals surface area contributed by atoms with Crippen molar-refractivity contribution in [3.63, 3.8) is 0 Å². The quantitative estimate of drug-likeness (QED) is 0.428. The summed E-state index contributed by atoms with van der Waals surface area (Å²) in [7, 11) is 0. The summed E-state index contributed by atoms with van der Waals surface area (Å²) in [4.78, 5) is 10.4. The Morgan fingerprint density at radius 1 is 1.42 bits per heavy atom. The largest absolute Gasteiger partial charge is 1.00 e. The van der Waals surface area contributed by atoms with E-state index in [-0.39, 0.29) is 58.0 Å². The summed E-state index contributed by atoms with van der Waals surface area (Å²) in [6.45, 7) is -3.17.